The highest BCUT2D eigenvalue weighted by molar-refractivity contribution is 5.64. The molecule has 4 rings (SSSR count). The van der Waals surface area contributed by atoms with E-state index in [1.807, 2.05) is 0 Å². The lowest BCUT2D eigenvalue weighted by Gasteiger charge is -2.06. The maximum Gasteiger partial charge on any atom is 0.0450 e. The average Bonchev–Trinajstić information content (AvgIpc) is 2.20. The molecule has 0 unspecified atom stereocenters. The summed E-state index contributed by atoms with van der Waals surface area (Å²) in [6.45, 7) is 0. The van der Waals surface area contributed by atoms with E-state index in [-0.39, 0.29) is 0 Å². The Hall–Kier alpha value is -0.780. The lowest BCUT2D eigenvalue weighted by molar-refractivity contribution is 1.05. The van der Waals surface area contributed by atoms with Crippen LogP contribution in [0.5, 0.6) is 0 Å². The van der Waals surface area contributed by atoms with E-state index in [0.29, 0.717) is 0 Å². The monoisotopic (exact) mass is 115 g/mol. The Labute approximate surface area is 54.6 Å². The van der Waals surface area contributed by atoms with Crippen molar-refractivity contribution in [2.45, 2.75) is 12.8 Å². The summed E-state index contributed by atoms with van der Waals surface area (Å²) in [5.41, 5.74) is 4.72. The third kappa shape index (κ3) is 0.365. The minimum Gasteiger partial charge on any atom is -0.0691 e. The molecule has 4 aliphatic rings. The van der Waals surface area contributed by atoms with Crippen molar-refractivity contribution in [3.05, 3.63) is 40.9 Å². The van der Waals surface area contributed by atoms with E-state index in [2.05, 4.69) is 18.2 Å². The van der Waals surface area contributed by atoms with Crippen LogP contribution in [0.1, 0.15) is 12.8 Å². The van der Waals surface area contributed by atoms with Crippen molar-refractivity contribution < 1.29 is 0 Å². The van der Waals surface area contributed by atoms with Gasteiger partial charge in [-0.3, -0.25) is 0 Å². The molecule has 0 aliphatic heterocycles. The molecule has 0 heteroatoms. The molecule has 1 radical (unpaired) electrons. The molecule has 4 bridgehead atoms. The van der Waals surface area contributed by atoms with E-state index in [1.54, 1.807) is 11.1 Å². The second-order valence-corrected chi connectivity index (χ2v) is 3.00. The van der Waals surface area contributed by atoms with Crippen molar-refractivity contribution in [2.24, 2.45) is 0 Å². The van der Waals surface area contributed by atoms with Crippen LogP contribution in [0.4, 0.5) is 0 Å². The first kappa shape index (κ1) is 4.10. The predicted octanol–water partition coefficient (Wildman–Crippen LogP) is 2.16. The van der Waals surface area contributed by atoms with Crippen LogP contribution in [0.3, 0.4) is 0 Å². The Kier molecular flexibility index (Phi) is 0.484. The summed E-state index contributed by atoms with van der Waals surface area (Å²) in [4.78, 5) is 0. The standard InChI is InChI=1S/C9H7/c1-6-2-8-4-7(1)5-9(8)3-6/h2-4H,1,5H2. The molecular weight excluding hydrogens is 108 g/mol. The molecule has 0 spiro atoms. The zero-order valence-electron chi connectivity index (χ0n) is 5.15. The van der Waals surface area contributed by atoms with Crippen molar-refractivity contribution in [3.63, 3.8) is 0 Å². The molecule has 0 aromatic heterocycles. The summed E-state index contributed by atoms with van der Waals surface area (Å²) in [5.74, 6) is 1.49. The van der Waals surface area contributed by atoms with Crippen LogP contribution in [0.15, 0.2) is 34.9 Å². The summed E-state index contributed by atoms with van der Waals surface area (Å²) < 4.78 is 0. The van der Waals surface area contributed by atoms with Gasteiger partial charge in [-0.2, -0.15) is 0 Å². The number of hydrogen-bond acceptors (Lipinski definition) is 0. The van der Waals surface area contributed by atoms with Gasteiger partial charge in [0.2, 0.25) is 0 Å². The molecule has 0 saturated carbocycles. The van der Waals surface area contributed by atoms with E-state index in [9.17, 15) is 0 Å². The smallest absolute Gasteiger partial charge is 0.0450 e. The van der Waals surface area contributed by atoms with E-state index < -0.39 is 0 Å². The van der Waals surface area contributed by atoms with Crippen molar-refractivity contribution in [2.75, 3.05) is 0 Å². The minimum absolute atomic E-state index is 1.23. The Bertz CT molecular complexity index is 264. The van der Waals surface area contributed by atoms with Gasteiger partial charge in [0.15, 0.2) is 0 Å². The van der Waals surface area contributed by atoms with E-state index >= 15 is 0 Å². The van der Waals surface area contributed by atoms with Gasteiger partial charge in [-0.25, -0.2) is 0 Å². The fraction of sp³-hybridized carbons (Fsp3) is 0.222. The van der Waals surface area contributed by atoms with Gasteiger partial charge in [-0.1, -0.05) is 29.4 Å². The second-order valence-electron chi connectivity index (χ2n) is 3.00. The van der Waals surface area contributed by atoms with Gasteiger partial charge in [0.05, 0.1) is 0 Å². The SMILES string of the molecule is C1=C2C=C3CC(=C[C]13)C2. The largest absolute Gasteiger partial charge is 0.0691 e. The highest BCUT2D eigenvalue weighted by Gasteiger charge is 2.29. The first-order valence-corrected chi connectivity index (χ1v) is 3.40. The summed E-state index contributed by atoms with van der Waals surface area (Å²) in [6, 6.07) is 0. The fourth-order valence-electron chi connectivity index (χ4n) is 1.92. The maximum absolute atomic E-state index is 2.34. The van der Waals surface area contributed by atoms with E-state index in [1.165, 1.54) is 24.3 Å². The number of hydrogen-bond donors (Lipinski definition) is 0. The summed E-state index contributed by atoms with van der Waals surface area (Å²) in [5, 5.41) is 0. The van der Waals surface area contributed by atoms with Crippen molar-refractivity contribution in [1.82, 2.24) is 0 Å². The van der Waals surface area contributed by atoms with Crippen LogP contribution in [-0.2, 0) is 0 Å². The normalized spacial score (nSPS) is 28.7. The molecule has 0 heterocycles. The molecular formula is C9H7. The van der Waals surface area contributed by atoms with Crippen LogP contribution < -0.4 is 0 Å². The highest BCUT2D eigenvalue weighted by Crippen LogP contribution is 2.46. The molecule has 4 aliphatic carbocycles. The molecule has 43 valence electrons. The van der Waals surface area contributed by atoms with Gasteiger partial charge in [-0.15, -0.1) is 0 Å². The minimum atomic E-state index is 1.23. The van der Waals surface area contributed by atoms with Crippen LogP contribution in [0, 0.1) is 5.92 Å². The van der Waals surface area contributed by atoms with Gasteiger partial charge in [0, 0.05) is 5.92 Å². The topological polar surface area (TPSA) is 0 Å². The lowest BCUT2D eigenvalue weighted by Crippen LogP contribution is -1.87. The average molecular weight is 115 g/mol. The van der Waals surface area contributed by atoms with E-state index in [4.69, 9.17) is 0 Å². The maximum atomic E-state index is 2.34. The molecule has 0 atom stereocenters. The predicted molar refractivity (Wildman–Crippen MR) is 36.7 cm³/mol. The molecule has 0 aromatic rings. The molecule has 0 N–H and O–H groups in total. The first-order chi connectivity index (χ1) is 4.42. The quantitative estimate of drug-likeness (QED) is 0.454. The zero-order valence-corrected chi connectivity index (χ0v) is 5.15. The van der Waals surface area contributed by atoms with Gasteiger partial charge in [0.25, 0.3) is 0 Å². The van der Waals surface area contributed by atoms with Gasteiger partial charge in [-0.05, 0) is 18.4 Å². The Morgan fingerprint density at radius 3 is 2.67 bits per heavy atom. The van der Waals surface area contributed by atoms with E-state index in [0.717, 1.165) is 0 Å². The first-order valence-electron chi connectivity index (χ1n) is 3.40. The molecule has 0 amide bonds. The van der Waals surface area contributed by atoms with Crippen LogP contribution >= 0.6 is 0 Å². The fourth-order valence-corrected chi connectivity index (χ4v) is 1.92. The Morgan fingerprint density at radius 1 is 1.00 bits per heavy atom. The second kappa shape index (κ2) is 1.06. The molecule has 0 saturated heterocycles. The molecule has 0 nitrogen and oxygen atoms in total. The van der Waals surface area contributed by atoms with Gasteiger partial charge < -0.3 is 0 Å². The third-order valence-corrected chi connectivity index (χ3v) is 2.28. The third-order valence-electron chi connectivity index (χ3n) is 2.28. The van der Waals surface area contributed by atoms with Crippen LogP contribution in [0.25, 0.3) is 0 Å². The lowest BCUT2D eigenvalue weighted by atomic mass is 9.99. The summed E-state index contributed by atoms with van der Waals surface area (Å²) in [6.07, 6.45) is 9.46. The highest BCUT2D eigenvalue weighted by atomic mass is 14.3. The van der Waals surface area contributed by atoms with Gasteiger partial charge >= 0.3 is 0 Å². The zero-order chi connectivity index (χ0) is 5.84. The van der Waals surface area contributed by atoms with Crippen molar-refractivity contribution in [1.29, 1.82) is 0 Å². The van der Waals surface area contributed by atoms with Crippen molar-refractivity contribution >= 4 is 0 Å². The molecule has 9 heavy (non-hydrogen) atoms. The number of allylic oxidation sites excluding steroid dienone is 6. The Balaban J connectivity index is 2.32. The van der Waals surface area contributed by atoms with Crippen molar-refractivity contribution in [3.8, 4) is 0 Å². The van der Waals surface area contributed by atoms with Crippen LogP contribution in [0.2, 0.25) is 0 Å². The summed E-state index contributed by atoms with van der Waals surface area (Å²) in [7, 11) is 0. The van der Waals surface area contributed by atoms with Gasteiger partial charge in [0.1, 0.15) is 0 Å². The van der Waals surface area contributed by atoms with Crippen LogP contribution in [-0.4, -0.2) is 0 Å². The number of rotatable bonds is 0. The summed E-state index contributed by atoms with van der Waals surface area (Å²) >= 11 is 0. The Morgan fingerprint density at radius 2 is 2.00 bits per heavy atom. The molecule has 0 fully saturated rings. The molecule has 0 aromatic carbocycles.